The Labute approximate surface area is 159 Å². The number of urea groups is 1. The number of amides is 3. The second-order valence-electron chi connectivity index (χ2n) is 6.51. The van der Waals surface area contributed by atoms with Crippen molar-refractivity contribution in [3.63, 3.8) is 0 Å². The van der Waals surface area contributed by atoms with E-state index in [-0.39, 0.29) is 11.9 Å². The molecule has 0 aromatic heterocycles. The van der Waals surface area contributed by atoms with Crippen LogP contribution in [-0.4, -0.2) is 54.5 Å². The van der Waals surface area contributed by atoms with Crippen molar-refractivity contribution < 1.29 is 14.3 Å². The number of carbonyl (C=O) groups excluding carboxylic acids is 2. The van der Waals surface area contributed by atoms with Crippen LogP contribution in [0, 0.1) is 6.92 Å². The van der Waals surface area contributed by atoms with Crippen molar-refractivity contribution in [2.45, 2.75) is 13.8 Å². The zero-order valence-corrected chi connectivity index (χ0v) is 15.8. The first-order chi connectivity index (χ1) is 13.1. The van der Waals surface area contributed by atoms with E-state index in [0.29, 0.717) is 49.8 Å². The highest BCUT2D eigenvalue weighted by molar-refractivity contribution is 5.95. The second kappa shape index (κ2) is 8.58. The molecular formula is C21H25N3O3. The molecule has 2 aromatic carbocycles. The lowest BCUT2D eigenvalue weighted by Gasteiger charge is -2.34. The van der Waals surface area contributed by atoms with Gasteiger partial charge < -0.3 is 19.9 Å². The molecule has 6 heteroatoms. The molecule has 0 bridgehead atoms. The van der Waals surface area contributed by atoms with E-state index in [4.69, 9.17) is 4.74 Å². The van der Waals surface area contributed by atoms with Crippen molar-refractivity contribution in [2.24, 2.45) is 0 Å². The minimum Gasteiger partial charge on any atom is -0.492 e. The van der Waals surface area contributed by atoms with Crippen LogP contribution in [0.3, 0.4) is 0 Å². The van der Waals surface area contributed by atoms with E-state index in [1.165, 1.54) is 0 Å². The monoisotopic (exact) mass is 367 g/mol. The zero-order chi connectivity index (χ0) is 19.2. The summed E-state index contributed by atoms with van der Waals surface area (Å²) in [6, 6.07) is 14.8. The van der Waals surface area contributed by atoms with Gasteiger partial charge in [0.1, 0.15) is 5.75 Å². The molecule has 27 heavy (non-hydrogen) atoms. The minimum absolute atomic E-state index is 0.00725. The maximum absolute atomic E-state index is 12.6. The first-order valence-electron chi connectivity index (χ1n) is 9.22. The topological polar surface area (TPSA) is 61.9 Å². The van der Waals surface area contributed by atoms with Gasteiger partial charge in [0.15, 0.2) is 0 Å². The first-order valence-corrected chi connectivity index (χ1v) is 9.22. The van der Waals surface area contributed by atoms with E-state index in [2.05, 4.69) is 5.32 Å². The molecule has 1 N–H and O–H groups in total. The molecule has 0 spiro atoms. The fraction of sp³-hybridized carbons (Fsp3) is 0.333. The first kappa shape index (κ1) is 18.8. The fourth-order valence-corrected chi connectivity index (χ4v) is 3.08. The number of rotatable bonds is 4. The highest BCUT2D eigenvalue weighted by atomic mass is 16.5. The van der Waals surface area contributed by atoms with Gasteiger partial charge in [-0.1, -0.05) is 24.3 Å². The van der Waals surface area contributed by atoms with Gasteiger partial charge in [-0.2, -0.15) is 0 Å². The normalized spacial score (nSPS) is 14.0. The Bertz CT molecular complexity index is 800. The number of carbonyl (C=O) groups is 2. The summed E-state index contributed by atoms with van der Waals surface area (Å²) >= 11 is 0. The van der Waals surface area contributed by atoms with Crippen LogP contribution in [0.4, 0.5) is 10.5 Å². The van der Waals surface area contributed by atoms with Crippen LogP contribution in [0.1, 0.15) is 22.8 Å². The number of piperazine rings is 1. The average molecular weight is 367 g/mol. The van der Waals surface area contributed by atoms with E-state index in [1.807, 2.05) is 62.4 Å². The maximum atomic E-state index is 12.6. The van der Waals surface area contributed by atoms with E-state index < -0.39 is 0 Å². The van der Waals surface area contributed by atoms with Crippen LogP contribution in [0.2, 0.25) is 0 Å². The molecule has 0 atom stereocenters. The quantitative estimate of drug-likeness (QED) is 0.901. The average Bonchev–Trinajstić information content (AvgIpc) is 2.70. The smallest absolute Gasteiger partial charge is 0.322 e. The lowest BCUT2D eigenvalue weighted by atomic mass is 10.2. The molecule has 0 radical (unpaired) electrons. The Morgan fingerprint density at radius 2 is 1.67 bits per heavy atom. The predicted molar refractivity (Wildman–Crippen MR) is 105 cm³/mol. The molecule has 6 nitrogen and oxygen atoms in total. The van der Waals surface area contributed by atoms with Crippen molar-refractivity contribution in [1.82, 2.24) is 9.80 Å². The Balaban J connectivity index is 1.58. The standard InChI is InChI=1S/C21H25N3O3/c1-3-27-19-15-16(2)9-10-18(19)22-21(26)24-13-11-23(12-14-24)20(25)17-7-5-4-6-8-17/h4-10,15H,3,11-14H2,1-2H3,(H,22,26). The van der Waals surface area contributed by atoms with Crippen molar-refractivity contribution in [2.75, 3.05) is 38.1 Å². The van der Waals surface area contributed by atoms with Crippen LogP contribution in [-0.2, 0) is 0 Å². The van der Waals surface area contributed by atoms with Gasteiger partial charge in [0.2, 0.25) is 0 Å². The molecule has 0 saturated carbocycles. The van der Waals surface area contributed by atoms with E-state index in [9.17, 15) is 9.59 Å². The number of aryl methyl sites for hydroxylation is 1. The van der Waals surface area contributed by atoms with E-state index >= 15 is 0 Å². The van der Waals surface area contributed by atoms with Gasteiger partial charge in [-0.15, -0.1) is 0 Å². The van der Waals surface area contributed by atoms with E-state index in [1.54, 1.807) is 9.80 Å². The lowest BCUT2D eigenvalue weighted by Crippen LogP contribution is -2.51. The van der Waals surface area contributed by atoms with Gasteiger partial charge in [0.05, 0.1) is 12.3 Å². The molecule has 1 aliphatic heterocycles. The number of hydrogen-bond acceptors (Lipinski definition) is 3. The number of hydrogen-bond donors (Lipinski definition) is 1. The van der Waals surface area contributed by atoms with Crippen LogP contribution in [0.15, 0.2) is 48.5 Å². The molecule has 3 rings (SSSR count). The van der Waals surface area contributed by atoms with Gasteiger partial charge in [0, 0.05) is 31.7 Å². The van der Waals surface area contributed by atoms with Crippen molar-refractivity contribution in [3.8, 4) is 5.75 Å². The van der Waals surface area contributed by atoms with Gasteiger partial charge in [0.25, 0.3) is 5.91 Å². The zero-order valence-electron chi connectivity index (χ0n) is 15.8. The Morgan fingerprint density at radius 3 is 2.33 bits per heavy atom. The molecule has 0 aliphatic carbocycles. The molecule has 3 amide bonds. The Hall–Kier alpha value is -3.02. The van der Waals surface area contributed by atoms with Gasteiger partial charge in [-0.05, 0) is 43.7 Å². The Morgan fingerprint density at radius 1 is 1.00 bits per heavy atom. The van der Waals surface area contributed by atoms with Gasteiger partial charge in [-0.25, -0.2) is 4.79 Å². The number of nitrogens with one attached hydrogen (secondary N) is 1. The summed E-state index contributed by atoms with van der Waals surface area (Å²) in [6.07, 6.45) is 0. The summed E-state index contributed by atoms with van der Waals surface area (Å²) in [7, 11) is 0. The third-order valence-corrected chi connectivity index (χ3v) is 4.55. The number of nitrogens with zero attached hydrogens (tertiary/aromatic N) is 2. The van der Waals surface area contributed by atoms with Crippen LogP contribution >= 0.6 is 0 Å². The summed E-state index contributed by atoms with van der Waals surface area (Å²) in [4.78, 5) is 28.6. The SMILES string of the molecule is CCOc1cc(C)ccc1NC(=O)N1CCN(C(=O)c2ccccc2)CC1. The highest BCUT2D eigenvalue weighted by Crippen LogP contribution is 2.26. The summed E-state index contributed by atoms with van der Waals surface area (Å²) in [5.41, 5.74) is 2.41. The summed E-state index contributed by atoms with van der Waals surface area (Å²) in [5, 5.41) is 2.93. The number of anilines is 1. The van der Waals surface area contributed by atoms with Crippen molar-refractivity contribution >= 4 is 17.6 Å². The molecule has 2 aromatic rings. The third kappa shape index (κ3) is 4.58. The predicted octanol–water partition coefficient (Wildman–Crippen LogP) is 3.38. The maximum Gasteiger partial charge on any atom is 0.322 e. The van der Waals surface area contributed by atoms with Crippen molar-refractivity contribution in [1.29, 1.82) is 0 Å². The third-order valence-electron chi connectivity index (χ3n) is 4.55. The van der Waals surface area contributed by atoms with Crippen LogP contribution in [0.25, 0.3) is 0 Å². The van der Waals surface area contributed by atoms with Crippen LogP contribution < -0.4 is 10.1 Å². The molecular weight excluding hydrogens is 342 g/mol. The molecule has 1 saturated heterocycles. The molecule has 0 unspecified atom stereocenters. The van der Waals surface area contributed by atoms with Crippen molar-refractivity contribution in [3.05, 3.63) is 59.7 Å². The molecule has 1 aliphatic rings. The van der Waals surface area contributed by atoms with E-state index in [0.717, 1.165) is 5.56 Å². The molecule has 1 heterocycles. The largest absolute Gasteiger partial charge is 0.492 e. The van der Waals surface area contributed by atoms with Crippen LogP contribution in [0.5, 0.6) is 5.75 Å². The molecule has 142 valence electrons. The molecule has 1 fully saturated rings. The minimum atomic E-state index is -0.174. The summed E-state index contributed by atoms with van der Waals surface area (Å²) in [5.74, 6) is 0.677. The lowest BCUT2D eigenvalue weighted by molar-refractivity contribution is 0.0671. The Kier molecular flexibility index (Phi) is 5.96. The van der Waals surface area contributed by atoms with Gasteiger partial charge in [-0.3, -0.25) is 4.79 Å². The number of benzene rings is 2. The second-order valence-corrected chi connectivity index (χ2v) is 6.51. The van der Waals surface area contributed by atoms with Gasteiger partial charge >= 0.3 is 6.03 Å². The summed E-state index contributed by atoms with van der Waals surface area (Å²) in [6.45, 7) is 6.47. The number of ether oxygens (including phenoxy) is 1. The fourth-order valence-electron chi connectivity index (χ4n) is 3.08. The highest BCUT2D eigenvalue weighted by Gasteiger charge is 2.25. The summed E-state index contributed by atoms with van der Waals surface area (Å²) < 4.78 is 5.62.